The number of anilines is 1. The lowest BCUT2D eigenvalue weighted by Gasteiger charge is -2.46. The summed E-state index contributed by atoms with van der Waals surface area (Å²) in [5.41, 5.74) is 6.71. The zero-order valence-corrected chi connectivity index (χ0v) is 12.2. The second kappa shape index (κ2) is 5.31. The Morgan fingerprint density at radius 1 is 1.19 bits per heavy atom. The summed E-state index contributed by atoms with van der Waals surface area (Å²) in [4.78, 5) is 5.00. The van der Waals surface area contributed by atoms with Gasteiger partial charge in [-0.05, 0) is 37.4 Å². The van der Waals surface area contributed by atoms with Gasteiger partial charge < -0.3 is 15.2 Å². The molecule has 0 spiro atoms. The molecule has 5 nitrogen and oxygen atoms in total. The van der Waals surface area contributed by atoms with Crippen LogP contribution in [-0.4, -0.2) is 48.8 Å². The summed E-state index contributed by atoms with van der Waals surface area (Å²) >= 11 is 0. The molecule has 4 rings (SSSR count). The van der Waals surface area contributed by atoms with Crippen molar-refractivity contribution in [2.75, 3.05) is 37.6 Å². The monoisotopic (exact) mass is 286 g/mol. The fourth-order valence-corrected chi connectivity index (χ4v) is 3.74. The normalized spacial score (nSPS) is 27.0. The molecule has 2 N–H and O–H groups in total. The van der Waals surface area contributed by atoms with Crippen LogP contribution in [0.25, 0.3) is 11.0 Å². The first-order valence-electron chi connectivity index (χ1n) is 7.88. The van der Waals surface area contributed by atoms with Crippen molar-refractivity contribution < 1.29 is 4.52 Å². The maximum absolute atomic E-state index is 5.83. The second-order valence-electron chi connectivity index (χ2n) is 6.28. The van der Waals surface area contributed by atoms with Crippen molar-refractivity contribution in [3.63, 3.8) is 0 Å². The van der Waals surface area contributed by atoms with Crippen LogP contribution in [0.15, 0.2) is 28.8 Å². The lowest BCUT2D eigenvalue weighted by atomic mass is 9.91. The number of rotatable bonds is 2. The number of nitrogens with two attached hydrogens (primary N) is 1. The number of hydrogen-bond donors (Lipinski definition) is 1. The molecule has 0 saturated carbocycles. The van der Waals surface area contributed by atoms with Crippen molar-refractivity contribution in [3.8, 4) is 0 Å². The summed E-state index contributed by atoms with van der Waals surface area (Å²) in [6.45, 7) is 5.15. The third-order valence-electron chi connectivity index (χ3n) is 5.00. The molecule has 1 aromatic heterocycles. The second-order valence-corrected chi connectivity index (χ2v) is 6.28. The smallest absolute Gasteiger partial charge is 0.180 e. The highest BCUT2D eigenvalue weighted by Crippen LogP contribution is 2.30. The number of piperidine rings is 1. The number of nitrogens with zero attached hydrogens (tertiary/aromatic N) is 3. The summed E-state index contributed by atoms with van der Waals surface area (Å²) in [6, 6.07) is 8.75. The summed E-state index contributed by atoms with van der Waals surface area (Å²) in [6.07, 6.45) is 2.50. The summed E-state index contributed by atoms with van der Waals surface area (Å²) in [7, 11) is 0. The van der Waals surface area contributed by atoms with Gasteiger partial charge in [-0.15, -0.1) is 0 Å². The Kier molecular flexibility index (Phi) is 3.31. The molecule has 2 atom stereocenters. The predicted molar refractivity (Wildman–Crippen MR) is 83.4 cm³/mol. The number of piperazine rings is 1. The van der Waals surface area contributed by atoms with E-state index in [1.807, 2.05) is 18.2 Å². The first kappa shape index (κ1) is 13.1. The third kappa shape index (κ3) is 2.30. The van der Waals surface area contributed by atoms with Gasteiger partial charge in [0.2, 0.25) is 0 Å². The van der Waals surface area contributed by atoms with Crippen LogP contribution >= 0.6 is 0 Å². The predicted octanol–water partition coefficient (Wildman–Crippen LogP) is 1.69. The number of hydrogen-bond acceptors (Lipinski definition) is 5. The minimum absolute atomic E-state index is 0.636. The summed E-state index contributed by atoms with van der Waals surface area (Å²) < 4.78 is 5.45. The molecule has 2 aliphatic heterocycles. The standard InChI is InChI=1S/C16H22N4O/c17-9-12-5-6-13-11-20(8-7-19(13)10-12)16-14-3-1-2-4-15(14)21-18-16/h1-4,12-13H,5-11,17H2. The molecule has 2 saturated heterocycles. The van der Waals surface area contributed by atoms with Crippen molar-refractivity contribution in [1.82, 2.24) is 10.1 Å². The Morgan fingerprint density at radius 2 is 2.10 bits per heavy atom. The van der Waals surface area contributed by atoms with Crippen LogP contribution in [0.5, 0.6) is 0 Å². The maximum Gasteiger partial charge on any atom is 0.180 e. The van der Waals surface area contributed by atoms with Gasteiger partial charge in [-0.2, -0.15) is 0 Å². The van der Waals surface area contributed by atoms with Crippen LogP contribution in [0.4, 0.5) is 5.82 Å². The molecular weight excluding hydrogens is 264 g/mol. The van der Waals surface area contributed by atoms with Gasteiger partial charge in [0.25, 0.3) is 0 Å². The Balaban J connectivity index is 1.54. The SMILES string of the molecule is NCC1CCC2CN(c3noc4ccccc34)CCN2C1. The topological polar surface area (TPSA) is 58.5 Å². The minimum Gasteiger partial charge on any atom is -0.354 e. The molecule has 0 amide bonds. The Labute approximate surface area is 124 Å². The van der Waals surface area contributed by atoms with Crippen LogP contribution < -0.4 is 10.6 Å². The first-order valence-corrected chi connectivity index (χ1v) is 7.88. The van der Waals surface area contributed by atoms with E-state index in [9.17, 15) is 0 Å². The van der Waals surface area contributed by atoms with E-state index in [-0.39, 0.29) is 0 Å². The van der Waals surface area contributed by atoms with E-state index in [4.69, 9.17) is 10.3 Å². The highest BCUT2D eigenvalue weighted by molar-refractivity contribution is 5.88. The van der Waals surface area contributed by atoms with Crippen molar-refractivity contribution in [1.29, 1.82) is 0 Å². The molecule has 2 fully saturated rings. The van der Waals surface area contributed by atoms with E-state index in [2.05, 4.69) is 21.0 Å². The lowest BCUT2D eigenvalue weighted by Crippen LogP contribution is -2.57. The van der Waals surface area contributed by atoms with E-state index in [1.165, 1.54) is 12.8 Å². The third-order valence-corrected chi connectivity index (χ3v) is 5.00. The van der Waals surface area contributed by atoms with Gasteiger partial charge in [0, 0.05) is 32.2 Å². The fraction of sp³-hybridized carbons (Fsp3) is 0.562. The molecule has 0 radical (unpaired) electrons. The molecule has 2 aliphatic rings. The molecule has 1 aromatic carbocycles. The highest BCUT2D eigenvalue weighted by Gasteiger charge is 2.33. The van der Waals surface area contributed by atoms with Crippen LogP contribution in [0.2, 0.25) is 0 Å². The van der Waals surface area contributed by atoms with Gasteiger partial charge in [-0.1, -0.05) is 17.3 Å². The zero-order chi connectivity index (χ0) is 14.2. The minimum atomic E-state index is 0.636. The average Bonchev–Trinajstić information content (AvgIpc) is 2.98. The molecule has 2 unspecified atom stereocenters. The average molecular weight is 286 g/mol. The number of aromatic nitrogens is 1. The number of benzene rings is 1. The quantitative estimate of drug-likeness (QED) is 0.910. The zero-order valence-electron chi connectivity index (χ0n) is 12.2. The van der Waals surface area contributed by atoms with Gasteiger partial charge >= 0.3 is 0 Å². The van der Waals surface area contributed by atoms with Crippen molar-refractivity contribution >= 4 is 16.8 Å². The molecular formula is C16H22N4O. The largest absolute Gasteiger partial charge is 0.354 e. The van der Waals surface area contributed by atoms with E-state index >= 15 is 0 Å². The summed E-state index contributed by atoms with van der Waals surface area (Å²) in [5.74, 6) is 1.69. The molecule has 5 heteroatoms. The fourth-order valence-electron chi connectivity index (χ4n) is 3.74. The summed E-state index contributed by atoms with van der Waals surface area (Å²) in [5, 5.41) is 5.43. The van der Waals surface area contributed by atoms with Gasteiger partial charge in [0.1, 0.15) is 0 Å². The van der Waals surface area contributed by atoms with Crippen molar-refractivity contribution in [3.05, 3.63) is 24.3 Å². The van der Waals surface area contributed by atoms with E-state index < -0.39 is 0 Å². The van der Waals surface area contributed by atoms with Crippen LogP contribution in [0.3, 0.4) is 0 Å². The molecule has 2 aromatic rings. The molecule has 0 bridgehead atoms. The maximum atomic E-state index is 5.83. The van der Waals surface area contributed by atoms with E-state index in [0.717, 1.165) is 49.5 Å². The van der Waals surface area contributed by atoms with Gasteiger partial charge in [-0.3, -0.25) is 4.90 Å². The Hall–Kier alpha value is -1.59. The Morgan fingerprint density at radius 3 is 3.00 bits per heavy atom. The van der Waals surface area contributed by atoms with Crippen LogP contribution in [0, 0.1) is 5.92 Å². The van der Waals surface area contributed by atoms with Crippen molar-refractivity contribution in [2.24, 2.45) is 11.7 Å². The molecule has 3 heterocycles. The Bertz CT molecular complexity index is 626. The van der Waals surface area contributed by atoms with Crippen molar-refractivity contribution in [2.45, 2.75) is 18.9 Å². The molecule has 112 valence electrons. The number of fused-ring (bicyclic) bond motifs is 2. The first-order chi connectivity index (χ1) is 10.3. The molecule has 0 aliphatic carbocycles. The highest BCUT2D eigenvalue weighted by atomic mass is 16.5. The van der Waals surface area contributed by atoms with E-state index in [0.29, 0.717) is 12.0 Å². The number of para-hydroxylation sites is 1. The van der Waals surface area contributed by atoms with Gasteiger partial charge in [0.05, 0.1) is 5.39 Å². The van der Waals surface area contributed by atoms with Crippen LogP contribution in [0.1, 0.15) is 12.8 Å². The van der Waals surface area contributed by atoms with Crippen LogP contribution in [-0.2, 0) is 0 Å². The van der Waals surface area contributed by atoms with E-state index in [1.54, 1.807) is 0 Å². The molecule has 21 heavy (non-hydrogen) atoms. The van der Waals surface area contributed by atoms with Gasteiger partial charge in [0.15, 0.2) is 11.4 Å². The lowest BCUT2D eigenvalue weighted by molar-refractivity contribution is 0.0981. The van der Waals surface area contributed by atoms with Gasteiger partial charge in [-0.25, -0.2) is 0 Å².